The second kappa shape index (κ2) is 4.79. The van der Waals surface area contributed by atoms with Crippen molar-refractivity contribution in [1.82, 2.24) is 0 Å². The fourth-order valence-electron chi connectivity index (χ4n) is 2.17. The van der Waals surface area contributed by atoms with Crippen LogP contribution in [0.3, 0.4) is 0 Å². The molecule has 0 spiro atoms. The maximum atomic E-state index is 1.58. The van der Waals surface area contributed by atoms with Gasteiger partial charge in [-0.1, -0.05) is 25.7 Å². The van der Waals surface area contributed by atoms with E-state index in [9.17, 15) is 0 Å². The summed E-state index contributed by atoms with van der Waals surface area (Å²) in [5, 5.41) is 0. The second-order valence-corrected chi connectivity index (χ2v) is 3.12. The van der Waals surface area contributed by atoms with Gasteiger partial charge in [-0.3, -0.25) is 0 Å². The SMILES string of the molecule is C1C[C@H]2CC[C@@H]1C2.[Na].[Na]. The van der Waals surface area contributed by atoms with E-state index in [0.29, 0.717) is 0 Å². The van der Waals surface area contributed by atoms with Gasteiger partial charge in [-0.25, -0.2) is 0 Å². The Kier molecular flexibility index (Phi) is 5.86. The molecule has 2 aliphatic rings. The molecule has 0 nitrogen and oxygen atoms in total. The Bertz CT molecular complexity index is 65.0. The molecule has 0 heterocycles. The van der Waals surface area contributed by atoms with Gasteiger partial charge in [0.2, 0.25) is 0 Å². The molecule has 0 saturated heterocycles. The van der Waals surface area contributed by atoms with Crippen LogP contribution >= 0.6 is 0 Å². The number of rotatable bonds is 0. The van der Waals surface area contributed by atoms with Crippen LogP contribution in [0, 0.1) is 11.8 Å². The van der Waals surface area contributed by atoms with Gasteiger partial charge in [-0.05, 0) is 18.3 Å². The van der Waals surface area contributed by atoms with E-state index in [1.54, 1.807) is 32.1 Å². The summed E-state index contributed by atoms with van der Waals surface area (Å²) in [5.41, 5.74) is 0. The Labute approximate surface area is 102 Å². The van der Waals surface area contributed by atoms with Crippen LogP contribution in [-0.2, 0) is 0 Å². The summed E-state index contributed by atoms with van der Waals surface area (Å²) in [6.45, 7) is 0. The normalized spacial score (nSPS) is 37.3. The maximum Gasteiger partial charge on any atom is 0 e. The fraction of sp³-hybridized carbons (Fsp3) is 1.00. The van der Waals surface area contributed by atoms with Crippen molar-refractivity contribution in [3.05, 3.63) is 0 Å². The average Bonchev–Trinajstić information content (AvgIpc) is 2.22. The third-order valence-corrected chi connectivity index (χ3v) is 2.63. The van der Waals surface area contributed by atoms with E-state index in [1.165, 1.54) is 11.8 Å². The van der Waals surface area contributed by atoms with Gasteiger partial charge in [0.25, 0.3) is 0 Å². The minimum absolute atomic E-state index is 0. The van der Waals surface area contributed by atoms with Crippen LogP contribution in [0.2, 0.25) is 0 Å². The molecule has 42 valence electrons. The minimum atomic E-state index is 0. The molecule has 0 aromatic rings. The molecule has 0 aromatic heterocycles. The van der Waals surface area contributed by atoms with Gasteiger partial charge in [0, 0.05) is 59.1 Å². The summed E-state index contributed by atoms with van der Waals surface area (Å²) < 4.78 is 0. The first kappa shape index (κ1) is 11.0. The van der Waals surface area contributed by atoms with Crippen molar-refractivity contribution in [3.63, 3.8) is 0 Å². The quantitative estimate of drug-likeness (QED) is 0.449. The van der Waals surface area contributed by atoms with Crippen LogP contribution < -0.4 is 0 Å². The molecule has 2 saturated carbocycles. The standard InChI is InChI=1S/C7H12.2Na/c1-2-7-4-3-6(1)5-7;;/h6-7H,1-5H2;;/t6-,7+;;. The predicted octanol–water partition coefficient (Wildman–Crippen LogP) is 1.43. The number of fused-ring (bicyclic) bond motifs is 2. The number of hydrogen-bond donors (Lipinski definition) is 0. The van der Waals surface area contributed by atoms with Gasteiger partial charge in [0.1, 0.15) is 0 Å². The van der Waals surface area contributed by atoms with Gasteiger partial charge in [-0.15, -0.1) is 0 Å². The van der Waals surface area contributed by atoms with E-state index in [4.69, 9.17) is 0 Å². The fourth-order valence-corrected chi connectivity index (χ4v) is 2.17. The van der Waals surface area contributed by atoms with Crippen LogP contribution in [0.15, 0.2) is 0 Å². The molecule has 0 amide bonds. The van der Waals surface area contributed by atoms with E-state index >= 15 is 0 Å². The van der Waals surface area contributed by atoms with Crippen molar-refractivity contribution < 1.29 is 0 Å². The van der Waals surface area contributed by atoms with Crippen LogP contribution in [0.4, 0.5) is 0 Å². The molecule has 2 rings (SSSR count). The molecular weight excluding hydrogens is 130 g/mol. The van der Waals surface area contributed by atoms with E-state index in [2.05, 4.69) is 0 Å². The Morgan fingerprint density at radius 3 is 1.11 bits per heavy atom. The molecule has 2 bridgehead atoms. The molecule has 9 heavy (non-hydrogen) atoms. The van der Waals surface area contributed by atoms with Crippen molar-refractivity contribution in [2.75, 3.05) is 0 Å². The average molecular weight is 142 g/mol. The molecule has 0 aliphatic heterocycles. The molecule has 2 aliphatic carbocycles. The van der Waals surface area contributed by atoms with Crippen LogP contribution in [-0.4, -0.2) is 59.1 Å². The second-order valence-electron chi connectivity index (χ2n) is 3.12. The Hall–Kier alpha value is 2.00. The molecule has 0 N–H and O–H groups in total. The molecule has 0 aromatic carbocycles. The topological polar surface area (TPSA) is 0 Å². The Morgan fingerprint density at radius 1 is 0.667 bits per heavy atom. The van der Waals surface area contributed by atoms with Crippen molar-refractivity contribution >= 4 is 59.1 Å². The van der Waals surface area contributed by atoms with E-state index in [0.717, 1.165) is 0 Å². The third kappa shape index (κ3) is 2.50. The van der Waals surface area contributed by atoms with Gasteiger partial charge < -0.3 is 0 Å². The summed E-state index contributed by atoms with van der Waals surface area (Å²) in [6.07, 6.45) is 7.82. The maximum absolute atomic E-state index is 1.58. The third-order valence-electron chi connectivity index (χ3n) is 2.63. The summed E-state index contributed by atoms with van der Waals surface area (Å²) in [4.78, 5) is 0. The van der Waals surface area contributed by atoms with Crippen LogP contribution in [0.25, 0.3) is 0 Å². The largest absolute Gasteiger partial charge is 0.0502 e. The molecule has 2 radical (unpaired) electrons. The van der Waals surface area contributed by atoms with Crippen LogP contribution in [0.1, 0.15) is 32.1 Å². The van der Waals surface area contributed by atoms with Crippen molar-refractivity contribution in [3.8, 4) is 0 Å². The molecule has 0 atom stereocenters. The first-order chi connectivity index (χ1) is 3.45. The van der Waals surface area contributed by atoms with Gasteiger partial charge in [0.15, 0.2) is 0 Å². The van der Waals surface area contributed by atoms with Gasteiger partial charge in [-0.2, -0.15) is 0 Å². The summed E-state index contributed by atoms with van der Waals surface area (Å²) in [5.74, 6) is 2.34. The van der Waals surface area contributed by atoms with E-state index < -0.39 is 0 Å². The summed E-state index contributed by atoms with van der Waals surface area (Å²) in [7, 11) is 0. The Morgan fingerprint density at radius 2 is 1.00 bits per heavy atom. The zero-order chi connectivity index (χ0) is 4.69. The molecular formula is C7H12Na2. The zero-order valence-electron chi connectivity index (χ0n) is 6.69. The molecule has 2 heteroatoms. The van der Waals surface area contributed by atoms with Crippen LogP contribution in [0.5, 0.6) is 0 Å². The first-order valence-corrected chi connectivity index (χ1v) is 3.45. The first-order valence-electron chi connectivity index (χ1n) is 3.45. The van der Waals surface area contributed by atoms with Crippen molar-refractivity contribution in [2.45, 2.75) is 32.1 Å². The predicted molar refractivity (Wildman–Crippen MR) is 41.6 cm³/mol. The minimum Gasteiger partial charge on any atom is -0.0502 e. The van der Waals surface area contributed by atoms with Crippen molar-refractivity contribution in [1.29, 1.82) is 0 Å². The zero-order valence-corrected chi connectivity index (χ0v) is 10.7. The van der Waals surface area contributed by atoms with Gasteiger partial charge >= 0.3 is 0 Å². The molecule has 0 unspecified atom stereocenters. The summed E-state index contributed by atoms with van der Waals surface area (Å²) in [6, 6.07) is 0. The van der Waals surface area contributed by atoms with Gasteiger partial charge in [0.05, 0.1) is 0 Å². The van der Waals surface area contributed by atoms with E-state index in [1.807, 2.05) is 0 Å². The number of hydrogen-bond acceptors (Lipinski definition) is 0. The summed E-state index contributed by atoms with van der Waals surface area (Å²) >= 11 is 0. The monoisotopic (exact) mass is 142 g/mol. The van der Waals surface area contributed by atoms with Crippen molar-refractivity contribution in [2.24, 2.45) is 11.8 Å². The molecule has 2 fully saturated rings. The smallest absolute Gasteiger partial charge is 0 e. The van der Waals surface area contributed by atoms with E-state index in [-0.39, 0.29) is 59.1 Å². The Balaban J connectivity index is 0.000000320.